The van der Waals surface area contributed by atoms with Gasteiger partial charge in [-0.3, -0.25) is 4.79 Å². The Bertz CT molecular complexity index is 323. The smallest absolute Gasteiger partial charge is 0.134 e. The van der Waals surface area contributed by atoms with Crippen molar-refractivity contribution in [3.05, 3.63) is 34.3 Å². The lowest BCUT2D eigenvalue weighted by atomic mass is 10.0. The largest absolute Gasteiger partial charge is 0.300 e. The van der Waals surface area contributed by atoms with Crippen LogP contribution in [0.5, 0.6) is 0 Å². The summed E-state index contributed by atoms with van der Waals surface area (Å²) in [5, 5.41) is 0.463. The molecule has 0 bridgehead atoms. The molecule has 0 amide bonds. The molecular weight excluding hydrogens is 191 g/mol. The fraction of sp³-hybridized carbons (Fsp3) is 0.300. The number of carbonyl (C=O) groups excluding carboxylic acids is 1. The molecule has 0 radical (unpaired) electrons. The van der Waals surface area contributed by atoms with Crippen LogP contribution in [-0.2, 0) is 17.9 Å². The molecule has 70 valence electrons. The van der Waals surface area contributed by atoms with Gasteiger partial charge in [0.05, 0.1) is 0 Å². The summed E-state index contributed by atoms with van der Waals surface area (Å²) < 4.78 is 12.4. The van der Waals surface area contributed by atoms with Crippen LogP contribution < -0.4 is 0 Å². The molecule has 0 aromatic heterocycles. The number of rotatable bonds is 3. The minimum atomic E-state index is -0.580. The van der Waals surface area contributed by atoms with Crippen molar-refractivity contribution in [2.45, 2.75) is 20.0 Å². The fourth-order valence-electron chi connectivity index (χ4n) is 1.18. The van der Waals surface area contributed by atoms with Crippen molar-refractivity contribution < 1.29 is 9.18 Å². The predicted molar refractivity (Wildman–Crippen MR) is 50.6 cm³/mol. The highest BCUT2D eigenvalue weighted by Crippen LogP contribution is 2.21. The number of alkyl halides is 1. The standard InChI is InChI=1S/C10H10ClFO/c1-7(13)5-9-8(6-12)3-2-4-10(9)11/h2-4H,5-6H2,1H3. The van der Waals surface area contributed by atoms with E-state index in [2.05, 4.69) is 0 Å². The second-order valence-corrected chi connectivity index (χ2v) is 3.30. The van der Waals surface area contributed by atoms with Crippen molar-refractivity contribution in [2.24, 2.45) is 0 Å². The molecular formula is C10H10ClFO. The van der Waals surface area contributed by atoms with Gasteiger partial charge in [-0.15, -0.1) is 0 Å². The lowest BCUT2D eigenvalue weighted by Crippen LogP contribution is -2.00. The van der Waals surface area contributed by atoms with Gasteiger partial charge in [-0.25, -0.2) is 4.39 Å². The van der Waals surface area contributed by atoms with Crippen molar-refractivity contribution in [1.29, 1.82) is 0 Å². The van der Waals surface area contributed by atoms with E-state index in [0.717, 1.165) is 0 Å². The second-order valence-electron chi connectivity index (χ2n) is 2.89. The Kier molecular flexibility index (Phi) is 3.43. The molecule has 13 heavy (non-hydrogen) atoms. The van der Waals surface area contributed by atoms with E-state index in [4.69, 9.17) is 11.6 Å². The Hall–Kier alpha value is -0.890. The van der Waals surface area contributed by atoms with Crippen molar-refractivity contribution in [1.82, 2.24) is 0 Å². The SMILES string of the molecule is CC(=O)Cc1c(Cl)cccc1CF. The summed E-state index contributed by atoms with van der Waals surface area (Å²) in [6, 6.07) is 4.99. The van der Waals surface area contributed by atoms with Crippen LogP contribution in [0, 0.1) is 0 Å². The maximum Gasteiger partial charge on any atom is 0.134 e. The molecule has 0 aliphatic heterocycles. The number of benzene rings is 1. The first-order chi connectivity index (χ1) is 6.15. The van der Waals surface area contributed by atoms with Crippen molar-refractivity contribution in [3.8, 4) is 0 Å². The first-order valence-electron chi connectivity index (χ1n) is 3.97. The fourth-order valence-corrected chi connectivity index (χ4v) is 1.44. The molecule has 0 atom stereocenters. The van der Waals surface area contributed by atoms with Gasteiger partial charge in [-0.2, -0.15) is 0 Å². The minimum Gasteiger partial charge on any atom is -0.300 e. The zero-order chi connectivity index (χ0) is 9.84. The first kappa shape index (κ1) is 10.2. The Balaban J connectivity index is 3.07. The van der Waals surface area contributed by atoms with Gasteiger partial charge in [0, 0.05) is 11.4 Å². The van der Waals surface area contributed by atoms with Crippen LogP contribution in [0.2, 0.25) is 5.02 Å². The summed E-state index contributed by atoms with van der Waals surface area (Å²) >= 11 is 5.83. The zero-order valence-electron chi connectivity index (χ0n) is 7.31. The highest BCUT2D eigenvalue weighted by atomic mass is 35.5. The Morgan fingerprint density at radius 3 is 2.77 bits per heavy atom. The molecule has 0 saturated heterocycles. The molecule has 0 N–H and O–H groups in total. The normalized spacial score (nSPS) is 10.1. The monoisotopic (exact) mass is 200 g/mol. The number of ketones is 1. The third-order valence-electron chi connectivity index (χ3n) is 1.79. The maximum absolute atomic E-state index is 12.4. The van der Waals surface area contributed by atoms with Gasteiger partial charge in [-0.1, -0.05) is 23.7 Å². The van der Waals surface area contributed by atoms with Gasteiger partial charge >= 0.3 is 0 Å². The van der Waals surface area contributed by atoms with E-state index < -0.39 is 6.67 Å². The summed E-state index contributed by atoms with van der Waals surface area (Å²) in [5.41, 5.74) is 1.11. The van der Waals surface area contributed by atoms with Gasteiger partial charge in [0.1, 0.15) is 12.5 Å². The number of hydrogen-bond acceptors (Lipinski definition) is 1. The van der Waals surface area contributed by atoms with E-state index in [9.17, 15) is 9.18 Å². The van der Waals surface area contributed by atoms with E-state index >= 15 is 0 Å². The third-order valence-corrected chi connectivity index (χ3v) is 2.14. The molecule has 1 aromatic carbocycles. The number of Topliss-reactive ketones (excluding diaryl/α,β-unsaturated/α-hetero) is 1. The maximum atomic E-state index is 12.4. The van der Waals surface area contributed by atoms with Crippen LogP contribution in [-0.4, -0.2) is 5.78 Å². The molecule has 0 aliphatic rings. The first-order valence-corrected chi connectivity index (χ1v) is 4.34. The molecule has 0 fully saturated rings. The Labute approximate surface area is 81.5 Å². The summed E-state index contributed by atoms with van der Waals surface area (Å²) in [7, 11) is 0. The molecule has 3 heteroatoms. The summed E-state index contributed by atoms with van der Waals surface area (Å²) in [6.07, 6.45) is 0.207. The van der Waals surface area contributed by atoms with Crippen molar-refractivity contribution in [3.63, 3.8) is 0 Å². The van der Waals surface area contributed by atoms with E-state index in [0.29, 0.717) is 16.1 Å². The van der Waals surface area contributed by atoms with E-state index in [-0.39, 0.29) is 12.2 Å². The number of carbonyl (C=O) groups is 1. The lowest BCUT2D eigenvalue weighted by Gasteiger charge is -2.06. The highest BCUT2D eigenvalue weighted by Gasteiger charge is 2.08. The summed E-state index contributed by atoms with van der Waals surface area (Å²) in [4.78, 5) is 10.9. The van der Waals surface area contributed by atoms with Crippen LogP contribution in [0.15, 0.2) is 18.2 Å². The molecule has 0 unspecified atom stereocenters. The molecule has 0 heterocycles. The third kappa shape index (κ3) is 2.52. The molecule has 0 saturated carbocycles. The van der Waals surface area contributed by atoms with Crippen LogP contribution >= 0.6 is 11.6 Å². The van der Waals surface area contributed by atoms with Gasteiger partial charge in [0.15, 0.2) is 0 Å². The van der Waals surface area contributed by atoms with Crippen LogP contribution in [0.1, 0.15) is 18.1 Å². The quantitative estimate of drug-likeness (QED) is 0.733. The van der Waals surface area contributed by atoms with Crippen LogP contribution in [0.25, 0.3) is 0 Å². The highest BCUT2D eigenvalue weighted by molar-refractivity contribution is 6.31. The van der Waals surface area contributed by atoms with Gasteiger partial charge in [0.2, 0.25) is 0 Å². The summed E-state index contributed by atoms with van der Waals surface area (Å²) in [6.45, 7) is 0.883. The summed E-state index contributed by atoms with van der Waals surface area (Å²) in [5.74, 6) is -0.0113. The van der Waals surface area contributed by atoms with Crippen molar-refractivity contribution >= 4 is 17.4 Å². The minimum absolute atomic E-state index is 0.0113. The molecule has 1 rings (SSSR count). The van der Waals surface area contributed by atoms with E-state index in [1.54, 1.807) is 18.2 Å². The molecule has 1 nitrogen and oxygen atoms in total. The average molecular weight is 201 g/mol. The average Bonchev–Trinajstić information content (AvgIpc) is 2.08. The van der Waals surface area contributed by atoms with Crippen LogP contribution in [0.4, 0.5) is 4.39 Å². The Morgan fingerprint density at radius 1 is 1.54 bits per heavy atom. The van der Waals surface area contributed by atoms with Gasteiger partial charge < -0.3 is 0 Å². The number of halogens is 2. The lowest BCUT2D eigenvalue weighted by molar-refractivity contribution is -0.116. The van der Waals surface area contributed by atoms with Gasteiger partial charge in [-0.05, 0) is 24.1 Å². The molecule has 1 aromatic rings. The van der Waals surface area contributed by atoms with E-state index in [1.807, 2.05) is 0 Å². The van der Waals surface area contributed by atoms with Crippen molar-refractivity contribution in [2.75, 3.05) is 0 Å². The Morgan fingerprint density at radius 2 is 2.23 bits per heavy atom. The topological polar surface area (TPSA) is 17.1 Å². The number of hydrogen-bond donors (Lipinski definition) is 0. The van der Waals surface area contributed by atoms with Gasteiger partial charge in [0.25, 0.3) is 0 Å². The zero-order valence-corrected chi connectivity index (χ0v) is 8.07. The van der Waals surface area contributed by atoms with E-state index in [1.165, 1.54) is 6.92 Å². The predicted octanol–water partition coefficient (Wildman–Crippen LogP) is 2.94. The second kappa shape index (κ2) is 4.38. The molecule has 0 aliphatic carbocycles. The van der Waals surface area contributed by atoms with Crippen LogP contribution in [0.3, 0.4) is 0 Å². The molecule has 0 spiro atoms.